The second kappa shape index (κ2) is 9.64. The molecule has 10 heteroatoms. The summed E-state index contributed by atoms with van der Waals surface area (Å²) in [6, 6.07) is 13.0. The fourth-order valence-electron chi connectivity index (χ4n) is 2.83. The van der Waals surface area contributed by atoms with E-state index in [0.29, 0.717) is 32.0 Å². The highest BCUT2D eigenvalue weighted by Gasteiger charge is 2.34. The molecule has 0 spiro atoms. The summed E-state index contributed by atoms with van der Waals surface area (Å²) in [7, 11) is 0. The Labute approximate surface area is 200 Å². The lowest BCUT2D eigenvalue weighted by molar-refractivity contribution is -0.122. The van der Waals surface area contributed by atoms with Crippen LogP contribution in [0.4, 0.5) is 0 Å². The fourth-order valence-corrected chi connectivity index (χ4v) is 4.32. The van der Waals surface area contributed by atoms with Gasteiger partial charge in [0.05, 0.1) is 23.9 Å². The molecule has 1 fully saturated rings. The highest BCUT2D eigenvalue weighted by atomic mass is 79.9. The molecule has 7 nitrogen and oxygen atoms in total. The van der Waals surface area contributed by atoms with Crippen LogP contribution in [0.2, 0.25) is 5.02 Å². The van der Waals surface area contributed by atoms with Gasteiger partial charge in [-0.15, -0.1) is 5.10 Å². The standard InChI is InChI=1S/C22H15BrClN3O4S/c23-15-3-5-19(29)14(8-15)11-25-26-22-27(12-17-2-1-7-31-17)21(30)20(32-22)10-13-9-16(24)4-6-18(13)28/h1-11,28-29H,12H2/b20-10-,25-11+,26-22-. The topological polar surface area (TPSA) is 98.6 Å². The van der Waals surface area contributed by atoms with Crippen LogP contribution in [0.5, 0.6) is 11.5 Å². The van der Waals surface area contributed by atoms with Crippen molar-refractivity contribution in [3.8, 4) is 11.5 Å². The van der Waals surface area contributed by atoms with E-state index in [1.807, 2.05) is 0 Å². The summed E-state index contributed by atoms with van der Waals surface area (Å²) in [5.41, 5.74) is 0.880. The third kappa shape index (κ3) is 5.07. The molecule has 2 aromatic carbocycles. The number of hydrogen-bond donors (Lipinski definition) is 2. The Morgan fingerprint density at radius 1 is 1.12 bits per heavy atom. The molecule has 162 valence electrons. The zero-order valence-corrected chi connectivity index (χ0v) is 19.4. The molecule has 0 atom stereocenters. The summed E-state index contributed by atoms with van der Waals surface area (Å²) in [4.78, 5) is 14.8. The molecular weight excluding hydrogens is 518 g/mol. The minimum absolute atomic E-state index is 0.00132. The molecule has 1 saturated heterocycles. The Balaban J connectivity index is 1.66. The van der Waals surface area contributed by atoms with E-state index in [1.54, 1.807) is 42.5 Å². The van der Waals surface area contributed by atoms with Crippen molar-refractivity contribution < 1.29 is 19.4 Å². The van der Waals surface area contributed by atoms with Crippen LogP contribution in [0.15, 0.2) is 78.8 Å². The van der Waals surface area contributed by atoms with Gasteiger partial charge in [-0.25, -0.2) is 0 Å². The minimum Gasteiger partial charge on any atom is -0.507 e. The summed E-state index contributed by atoms with van der Waals surface area (Å²) in [5.74, 6) is 0.315. The van der Waals surface area contributed by atoms with Crippen LogP contribution in [-0.2, 0) is 11.3 Å². The largest absolute Gasteiger partial charge is 0.507 e. The van der Waals surface area contributed by atoms with Crippen molar-refractivity contribution in [1.29, 1.82) is 0 Å². The van der Waals surface area contributed by atoms with Gasteiger partial charge < -0.3 is 14.6 Å². The van der Waals surface area contributed by atoms with Gasteiger partial charge in [0.25, 0.3) is 5.91 Å². The number of benzene rings is 2. The van der Waals surface area contributed by atoms with Crippen molar-refractivity contribution in [3.63, 3.8) is 0 Å². The molecule has 4 rings (SSSR count). The van der Waals surface area contributed by atoms with Crippen molar-refractivity contribution >= 4 is 62.7 Å². The lowest BCUT2D eigenvalue weighted by Gasteiger charge is -2.12. The van der Waals surface area contributed by atoms with Crippen molar-refractivity contribution in [3.05, 3.63) is 86.1 Å². The summed E-state index contributed by atoms with van der Waals surface area (Å²) in [6.45, 7) is 0.161. The molecule has 0 bridgehead atoms. The second-order valence-electron chi connectivity index (χ2n) is 6.61. The number of thioether (sulfide) groups is 1. The molecule has 0 unspecified atom stereocenters. The van der Waals surface area contributed by atoms with Gasteiger partial charge in [-0.3, -0.25) is 9.69 Å². The molecular formula is C22H15BrClN3O4S. The molecule has 3 aromatic rings. The SMILES string of the molecule is O=C1/C(=C/c2cc(Cl)ccc2O)S/C(=N\N=C\c2cc(Br)ccc2O)N1Cc1ccco1. The number of phenolic OH excluding ortho intramolecular Hbond substituents is 2. The third-order valence-corrected chi connectivity index (χ3v) is 6.11. The first kappa shape index (κ1) is 22.2. The van der Waals surface area contributed by atoms with E-state index in [4.69, 9.17) is 16.0 Å². The lowest BCUT2D eigenvalue weighted by Crippen LogP contribution is -2.28. The van der Waals surface area contributed by atoms with Gasteiger partial charge in [-0.2, -0.15) is 5.10 Å². The monoisotopic (exact) mass is 531 g/mol. The van der Waals surface area contributed by atoms with Gasteiger partial charge in [0.1, 0.15) is 17.3 Å². The lowest BCUT2D eigenvalue weighted by atomic mass is 10.2. The summed E-state index contributed by atoms with van der Waals surface area (Å²) in [6.07, 6.45) is 4.47. The number of amides is 1. The van der Waals surface area contributed by atoms with Gasteiger partial charge >= 0.3 is 0 Å². The number of phenols is 2. The van der Waals surface area contributed by atoms with Crippen LogP contribution in [0, 0.1) is 0 Å². The number of hydrogen-bond acceptors (Lipinski definition) is 7. The second-order valence-corrected chi connectivity index (χ2v) is 8.98. The molecule has 0 saturated carbocycles. The molecule has 0 radical (unpaired) electrons. The van der Waals surface area contributed by atoms with E-state index >= 15 is 0 Å². The number of amidine groups is 1. The number of carbonyl (C=O) groups excluding carboxylic acids is 1. The smallest absolute Gasteiger partial charge is 0.267 e. The van der Waals surface area contributed by atoms with E-state index < -0.39 is 0 Å². The van der Waals surface area contributed by atoms with E-state index in [1.165, 1.54) is 29.5 Å². The van der Waals surface area contributed by atoms with E-state index in [0.717, 1.165) is 16.2 Å². The first-order valence-electron chi connectivity index (χ1n) is 9.22. The van der Waals surface area contributed by atoms with Crippen molar-refractivity contribution in [2.24, 2.45) is 10.2 Å². The van der Waals surface area contributed by atoms with Gasteiger partial charge in [-0.1, -0.05) is 27.5 Å². The first-order chi connectivity index (χ1) is 15.4. The Bertz CT molecular complexity index is 1260. The molecule has 1 amide bonds. The van der Waals surface area contributed by atoms with Crippen molar-refractivity contribution in [2.75, 3.05) is 0 Å². The van der Waals surface area contributed by atoms with E-state index in [-0.39, 0.29) is 24.0 Å². The normalized spacial score (nSPS) is 16.7. The molecule has 1 aliphatic rings. The highest BCUT2D eigenvalue weighted by molar-refractivity contribution is 9.10. The average molecular weight is 533 g/mol. The Morgan fingerprint density at radius 2 is 1.91 bits per heavy atom. The van der Waals surface area contributed by atoms with Crippen LogP contribution in [0.3, 0.4) is 0 Å². The van der Waals surface area contributed by atoms with E-state index in [9.17, 15) is 15.0 Å². The summed E-state index contributed by atoms with van der Waals surface area (Å²) >= 11 is 10.5. The quantitative estimate of drug-likeness (QED) is 0.253. The maximum absolute atomic E-state index is 13.1. The number of furan rings is 1. The molecule has 2 heterocycles. The van der Waals surface area contributed by atoms with Crippen LogP contribution < -0.4 is 0 Å². The number of carbonyl (C=O) groups is 1. The van der Waals surface area contributed by atoms with Gasteiger partial charge in [0.2, 0.25) is 0 Å². The maximum atomic E-state index is 13.1. The van der Waals surface area contributed by atoms with Crippen LogP contribution in [0.25, 0.3) is 6.08 Å². The van der Waals surface area contributed by atoms with E-state index in [2.05, 4.69) is 26.1 Å². The highest BCUT2D eigenvalue weighted by Crippen LogP contribution is 2.35. The maximum Gasteiger partial charge on any atom is 0.267 e. The fraction of sp³-hybridized carbons (Fsp3) is 0.0455. The Kier molecular flexibility index (Phi) is 6.69. The summed E-state index contributed by atoms with van der Waals surface area (Å²) in [5, 5.41) is 29.1. The van der Waals surface area contributed by atoms with Crippen LogP contribution in [0.1, 0.15) is 16.9 Å². The van der Waals surface area contributed by atoms with Gasteiger partial charge in [0.15, 0.2) is 5.17 Å². The van der Waals surface area contributed by atoms with Gasteiger partial charge in [-0.05, 0) is 66.4 Å². The van der Waals surface area contributed by atoms with Crippen molar-refractivity contribution in [1.82, 2.24) is 4.90 Å². The minimum atomic E-state index is -0.315. The number of halogens is 2. The Hall–Kier alpha value is -3.01. The van der Waals surface area contributed by atoms with Crippen LogP contribution in [-0.4, -0.2) is 32.4 Å². The molecule has 1 aliphatic heterocycles. The Morgan fingerprint density at radius 3 is 2.69 bits per heavy atom. The molecule has 0 aliphatic carbocycles. The zero-order valence-electron chi connectivity index (χ0n) is 16.3. The predicted octanol–water partition coefficient (Wildman–Crippen LogP) is 5.61. The predicted molar refractivity (Wildman–Crippen MR) is 129 cm³/mol. The van der Waals surface area contributed by atoms with Gasteiger partial charge in [0, 0.05) is 20.6 Å². The first-order valence-corrected chi connectivity index (χ1v) is 11.2. The number of nitrogens with zero attached hydrogens (tertiary/aromatic N) is 3. The summed E-state index contributed by atoms with van der Waals surface area (Å²) < 4.78 is 6.15. The third-order valence-electron chi connectivity index (χ3n) is 4.39. The number of rotatable bonds is 5. The molecule has 2 N–H and O–H groups in total. The zero-order chi connectivity index (χ0) is 22.7. The number of aromatic hydroxyl groups is 2. The van der Waals surface area contributed by atoms with Crippen LogP contribution >= 0.6 is 39.3 Å². The molecule has 32 heavy (non-hydrogen) atoms. The average Bonchev–Trinajstić information content (AvgIpc) is 3.37. The molecule has 1 aromatic heterocycles. The van der Waals surface area contributed by atoms with Crippen molar-refractivity contribution in [2.45, 2.75) is 6.54 Å².